The molecule has 1 aliphatic rings. The van der Waals surface area contributed by atoms with Gasteiger partial charge in [0.1, 0.15) is 0 Å². The van der Waals surface area contributed by atoms with Crippen molar-refractivity contribution in [2.24, 2.45) is 5.73 Å². The highest BCUT2D eigenvalue weighted by atomic mass is 16.3. The molecule has 184 valence electrons. The molecule has 0 radical (unpaired) electrons. The Hall–Kier alpha value is -3.50. The largest absolute Gasteiger partial charge is 0.390 e. The number of benzene rings is 1. The number of anilines is 2. The van der Waals surface area contributed by atoms with Crippen LogP contribution in [0.5, 0.6) is 0 Å². The first-order chi connectivity index (χ1) is 16.9. The van der Waals surface area contributed by atoms with Crippen LogP contribution >= 0.6 is 0 Å². The monoisotopic (exact) mass is 475 g/mol. The third kappa shape index (κ3) is 4.59. The number of nitrogens with one attached hydrogen (secondary N) is 1. The summed E-state index contributed by atoms with van der Waals surface area (Å²) in [5.74, 6) is 1.64. The summed E-state index contributed by atoms with van der Waals surface area (Å²) in [5, 5.41) is 22.1. The summed E-state index contributed by atoms with van der Waals surface area (Å²) >= 11 is 0. The number of nitrogens with zero attached hydrogens (tertiary/aromatic N) is 7. The maximum absolute atomic E-state index is 9.44. The van der Waals surface area contributed by atoms with Crippen LogP contribution in [0.25, 0.3) is 11.3 Å². The Morgan fingerprint density at radius 1 is 1.09 bits per heavy atom. The van der Waals surface area contributed by atoms with Crippen LogP contribution in [0.3, 0.4) is 0 Å². The van der Waals surface area contributed by atoms with Gasteiger partial charge in [-0.1, -0.05) is 32.0 Å². The zero-order valence-electron chi connectivity index (χ0n) is 20.5. The third-order valence-electron chi connectivity index (χ3n) is 6.63. The summed E-state index contributed by atoms with van der Waals surface area (Å²) in [5.41, 5.74) is 10.7. The van der Waals surface area contributed by atoms with Crippen molar-refractivity contribution in [2.75, 3.05) is 23.3 Å². The zero-order chi connectivity index (χ0) is 24.5. The second-order valence-corrected chi connectivity index (χ2v) is 9.50. The second kappa shape index (κ2) is 9.63. The Bertz CT molecular complexity index is 1300. The number of rotatable bonds is 7. The average Bonchev–Trinajstić information content (AvgIpc) is 3.52. The molecule has 10 nitrogen and oxygen atoms in total. The van der Waals surface area contributed by atoms with Gasteiger partial charge in [0.05, 0.1) is 30.2 Å². The molecule has 4 N–H and O–H groups in total. The number of aliphatic hydroxyl groups is 1. The van der Waals surface area contributed by atoms with Crippen molar-refractivity contribution in [1.82, 2.24) is 29.4 Å². The van der Waals surface area contributed by atoms with E-state index in [0.717, 1.165) is 48.4 Å². The minimum absolute atomic E-state index is 0.0937. The maximum atomic E-state index is 9.44. The fraction of sp³-hybridized carbons (Fsp3) is 0.440. The van der Waals surface area contributed by atoms with Gasteiger partial charge in [-0.15, -0.1) is 0 Å². The lowest BCUT2D eigenvalue weighted by Gasteiger charge is -2.30. The summed E-state index contributed by atoms with van der Waals surface area (Å²) in [4.78, 5) is 12.0. The minimum atomic E-state index is -0.0968. The molecule has 1 saturated heterocycles. The lowest BCUT2D eigenvalue weighted by molar-refractivity contribution is 0.276. The Kier molecular flexibility index (Phi) is 6.40. The van der Waals surface area contributed by atoms with E-state index in [1.165, 1.54) is 0 Å². The molecule has 3 aromatic heterocycles. The van der Waals surface area contributed by atoms with E-state index in [2.05, 4.69) is 47.3 Å². The number of hydrogen-bond acceptors (Lipinski definition) is 8. The number of piperidine rings is 1. The molecule has 0 spiro atoms. The Morgan fingerprint density at radius 2 is 1.86 bits per heavy atom. The van der Waals surface area contributed by atoms with Crippen molar-refractivity contribution in [3.05, 3.63) is 59.5 Å². The predicted molar refractivity (Wildman–Crippen MR) is 136 cm³/mol. The summed E-state index contributed by atoms with van der Waals surface area (Å²) in [6.45, 7) is 7.98. The standard InChI is InChI=1S/C25H33N9O/c1-16(2)21-14-27-34-23(21)29-24(32-11-8-18(26)9-12-32)30-25(34)28-17(3)20-6-4-5-7-22(20)33-13-10-19(15-35)31-33/h4-7,10,13-14,16-18,35H,8-9,11-12,15,26H2,1-3H3,(H,28,29,30). The van der Waals surface area contributed by atoms with Crippen LogP contribution in [0.2, 0.25) is 0 Å². The van der Waals surface area contributed by atoms with Gasteiger partial charge in [-0.25, -0.2) is 4.68 Å². The molecular formula is C25H33N9O. The molecule has 5 rings (SSSR count). The lowest BCUT2D eigenvalue weighted by Crippen LogP contribution is -2.40. The third-order valence-corrected chi connectivity index (χ3v) is 6.63. The van der Waals surface area contributed by atoms with E-state index in [1.807, 2.05) is 36.7 Å². The Balaban J connectivity index is 1.52. The van der Waals surface area contributed by atoms with E-state index >= 15 is 0 Å². The molecule has 1 fully saturated rings. The van der Waals surface area contributed by atoms with E-state index in [-0.39, 0.29) is 24.6 Å². The van der Waals surface area contributed by atoms with Crippen LogP contribution in [0, 0.1) is 0 Å². The van der Waals surface area contributed by atoms with E-state index < -0.39 is 0 Å². The molecule has 35 heavy (non-hydrogen) atoms. The second-order valence-electron chi connectivity index (χ2n) is 9.50. The lowest BCUT2D eigenvalue weighted by atomic mass is 10.1. The molecule has 4 aromatic rings. The minimum Gasteiger partial charge on any atom is -0.390 e. The number of hydrogen-bond donors (Lipinski definition) is 3. The van der Waals surface area contributed by atoms with Crippen molar-refractivity contribution >= 4 is 17.5 Å². The molecule has 1 unspecified atom stereocenters. The van der Waals surface area contributed by atoms with Gasteiger partial charge in [0.25, 0.3) is 0 Å². The molecule has 0 bridgehead atoms. The van der Waals surface area contributed by atoms with Crippen molar-refractivity contribution < 1.29 is 5.11 Å². The molecule has 4 heterocycles. The van der Waals surface area contributed by atoms with Crippen molar-refractivity contribution in [2.45, 2.75) is 58.2 Å². The van der Waals surface area contributed by atoms with Gasteiger partial charge in [0.15, 0.2) is 5.65 Å². The number of fused-ring (bicyclic) bond motifs is 1. The number of para-hydroxylation sites is 1. The van der Waals surface area contributed by atoms with Gasteiger partial charge in [-0.2, -0.15) is 24.7 Å². The quantitative estimate of drug-likeness (QED) is 0.373. The first kappa shape index (κ1) is 23.3. The van der Waals surface area contributed by atoms with Gasteiger partial charge < -0.3 is 21.1 Å². The fourth-order valence-corrected chi connectivity index (χ4v) is 4.54. The summed E-state index contributed by atoms with van der Waals surface area (Å²) in [6, 6.07) is 10.0. The highest BCUT2D eigenvalue weighted by Gasteiger charge is 2.23. The molecule has 1 aromatic carbocycles. The van der Waals surface area contributed by atoms with E-state index in [0.29, 0.717) is 17.6 Å². The summed E-state index contributed by atoms with van der Waals surface area (Å²) in [6.07, 6.45) is 5.60. The van der Waals surface area contributed by atoms with Gasteiger partial charge >= 0.3 is 0 Å². The zero-order valence-corrected chi connectivity index (χ0v) is 20.5. The first-order valence-electron chi connectivity index (χ1n) is 12.2. The van der Waals surface area contributed by atoms with Crippen LogP contribution < -0.4 is 16.0 Å². The molecule has 0 saturated carbocycles. The van der Waals surface area contributed by atoms with Gasteiger partial charge in [-0.05, 0) is 43.4 Å². The normalized spacial score (nSPS) is 15.8. The van der Waals surface area contributed by atoms with E-state index in [4.69, 9.17) is 15.7 Å². The number of nitrogens with two attached hydrogens (primary N) is 1. The van der Waals surface area contributed by atoms with Crippen molar-refractivity contribution in [3.8, 4) is 5.69 Å². The van der Waals surface area contributed by atoms with Crippen LogP contribution in [-0.4, -0.2) is 53.6 Å². The smallest absolute Gasteiger partial charge is 0.230 e. The molecule has 0 aliphatic carbocycles. The van der Waals surface area contributed by atoms with Crippen molar-refractivity contribution in [3.63, 3.8) is 0 Å². The van der Waals surface area contributed by atoms with E-state index in [9.17, 15) is 5.11 Å². The topological polar surface area (TPSA) is 122 Å². The number of aliphatic hydroxyl groups excluding tert-OH is 1. The first-order valence-corrected chi connectivity index (χ1v) is 12.2. The van der Waals surface area contributed by atoms with Gasteiger partial charge in [0.2, 0.25) is 11.9 Å². The Labute approximate surface area is 204 Å². The van der Waals surface area contributed by atoms with Gasteiger partial charge in [0, 0.05) is 30.9 Å². The summed E-state index contributed by atoms with van der Waals surface area (Å²) in [7, 11) is 0. The molecule has 1 aliphatic heterocycles. The number of aromatic nitrogens is 6. The van der Waals surface area contributed by atoms with Gasteiger partial charge in [-0.3, -0.25) is 0 Å². The van der Waals surface area contributed by atoms with Crippen LogP contribution in [0.15, 0.2) is 42.7 Å². The molecule has 1 atom stereocenters. The molecule has 0 amide bonds. The average molecular weight is 476 g/mol. The van der Waals surface area contributed by atoms with Crippen molar-refractivity contribution in [1.29, 1.82) is 0 Å². The highest BCUT2D eigenvalue weighted by molar-refractivity contribution is 5.57. The van der Waals surface area contributed by atoms with Crippen LogP contribution in [0.4, 0.5) is 11.9 Å². The van der Waals surface area contributed by atoms with E-state index in [1.54, 1.807) is 9.20 Å². The maximum Gasteiger partial charge on any atom is 0.230 e. The fourth-order valence-electron chi connectivity index (χ4n) is 4.54. The van der Waals surface area contributed by atoms with Crippen LogP contribution in [-0.2, 0) is 6.61 Å². The summed E-state index contributed by atoms with van der Waals surface area (Å²) < 4.78 is 3.59. The molecule has 10 heteroatoms. The SMILES string of the molecule is CC(C)c1cnn2c(NC(C)c3ccccc3-n3ccc(CO)n3)nc(N3CCC(N)CC3)nc12. The highest BCUT2D eigenvalue weighted by Crippen LogP contribution is 2.28. The predicted octanol–water partition coefficient (Wildman–Crippen LogP) is 3.03. The molecular weight excluding hydrogens is 442 g/mol. The Morgan fingerprint density at radius 3 is 2.57 bits per heavy atom. The van der Waals surface area contributed by atoms with Crippen LogP contribution in [0.1, 0.15) is 62.4 Å².